The van der Waals surface area contributed by atoms with Gasteiger partial charge in [-0.3, -0.25) is 0 Å². The summed E-state index contributed by atoms with van der Waals surface area (Å²) in [5.41, 5.74) is 0. The number of benzene rings is 3. The zero-order chi connectivity index (χ0) is 26.9. The van der Waals surface area contributed by atoms with Gasteiger partial charge < -0.3 is 0 Å². The molecular formula is C30H48Si6. The van der Waals surface area contributed by atoms with E-state index in [4.69, 9.17) is 0 Å². The smallest absolute Gasteiger partial charge is 0.0671 e. The van der Waals surface area contributed by atoms with E-state index in [-0.39, 0.29) is 0 Å². The maximum Gasteiger partial charge on any atom is 0.0791 e. The topological polar surface area (TPSA) is 0 Å². The molecule has 3 aromatic carbocycles. The molecule has 7 rings (SSSR count). The Hall–Kier alpha value is -1.04. The molecule has 0 unspecified atom stereocenters. The van der Waals surface area contributed by atoms with Gasteiger partial charge in [-0.15, -0.1) is 0 Å². The van der Waals surface area contributed by atoms with Crippen LogP contribution >= 0.6 is 0 Å². The molecule has 4 heterocycles. The van der Waals surface area contributed by atoms with Crippen LogP contribution in [0.3, 0.4) is 0 Å². The fourth-order valence-electron chi connectivity index (χ4n) is 6.08. The van der Waals surface area contributed by atoms with Crippen molar-refractivity contribution in [1.29, 1.82) is 0 Å². The molecule has 0 aliphatic carbocycles. The van der Waals surface area contributed by atoms with Crippen LogP contribution in [-0.2, 0) is 0 Å². The van der Waals surface area contributed by atoms with Crippen molar-refractivity contribution in [3.63, 3.8) is 0 Å². The minimum absolute atomic E-state index is 1.64. The third kappa shape index (κ3) is 3.98. The number of hydrogen-bond donors (Lipinski definition) is 0. The molecule has 0 N–H and O–H groups in total. The van der Waals surface area contributed by atoms with Gasteiger partial charge in [-0.1, -0.05) is 182 Å². The van der Waals surface area contributed by atoms with E-state index >= 15 is 0 Å². The number of rotatable bonds is 0. The number of hydrogen-bond acceptors (Lipinski definition) is 0. The van der Waals surface area contributed by atoms with Gasteiger partial charge in [0.1, 0.15) is 0 Å². The van der Waals surface area contributed by atoms with Crippen molar-refractivity contribution in [2.75, 3.05) is 0 Å². The van der Waals surface area contributed by atoms with Gasteiger partial charge in [0.15, 0.2) is 0 Å². The van der Waals surface area contributed by atoms with Crippen LogP contribution in [0, 0.1) is 0 Å². The van der Waals surface area contributed by atoms with Gasteiger partial charge in [0.05, 0.1) is 45.5 Å². The van der Waals surface area contributed by atoms with Crippen LogP contribution in [0.2, 0.25) is 78.6 Å². The van der Waals surface area contributed by atoms with Gasteiger partial charge >= 0.3 is 0 Å². The second-order valence-electron chi connectivity index (χ2n) is 14.5. The summed E-state index contributed by atoms with van der Waals surface area (Å²) in [6, 6.07) is 30.5. The highest BCUT2D eigenvalue weighted by molar-refractivity contribution is 7.51. The first-order chi connectivity index (χ1) is 16.4. The zero-order valence-corrected chi connectivity index (χ0v) is 30.9. The minimum Gasteiger partial charge on any atom is -0.0671 e. The molecule has 0 amide bonds. The second-order valence-corrected chi connectivity index (χ2v) is 59.9. The van der Waals surface area contributed by atoms with E-state index in [0.717, 1.165) is 0 Å². The average Bonchev–Trinajstić information content (AvgIpc) is 2.83. The first-order valence-electron chi connectivity index (χ1n) is 13.7. The van der Waals surface area contributed by atoms with E-state index in [2.05, 4.69) is 151 Å². The molecule has 0 aromatic heterocycles. The predicted molar refractivity (Wildman–Crippen MR) is 182 cm³/mol. The summed E-state index contributed by atoms with van der Waals surface area (Å²) in [4.78, 5) is 0. The molecule has 0 saturated carbocycles. The van der Waals surface area contributed by atoms with Crippen molar-refractivity contribution in [2.24, 2.45) is 0 Å². The molecule has 4 aliphatic heterocycles. The van der Waals surface area contributed by atoms with E-state index in [0.29, 0.717) is 0 Å². The lowest BCUT2D eigenvalue weighted by Gasteiger charge is -2.43. The molecular weight excluding hydrogens is 529 g/mol. The van der Waals surface area contributed by atoms with Crippen molar-refractivity contribution in [2.45, 2.75) is 78.6 Å². The average molecular weight is 577 g/mol. The van der Waals surface area contributed by atoms with Crippen molar-refractivity contribution >= 4 is 76.7 Å². The van der Waals surface area contributed by atoms with Crippen LogP contribution in [0.15, 0.2) is 72.8 Å². The number of fused-ring (bicyclic) bond motifs is 3. The molecule has 0 fully saturated rings. The van der Waals surface area contributed by atoms with Gasteiger partial charge in [-0.05, 0) is 0 Å². The monoisotopic (exact) mass is 576 g/mol. The summed E-state index contributed by atoms with van der Waals surface area (Å²) in [6.07, 6.45) is 0. The van der Waals surface area contributed by atoms with Crippen molar-refractivity contribution < 1.29 is 0 Å². The zero-order valence-electron chi connectivity index (χ0n) is 24.9. The Balaban J connectivity index is 2.00. The summed E-state index contributed by atoms with van der Waals surface area (Å²) in [7, 11) is -9.83. The lowest BCUT2D eigenvalue weighted by atomic mass is 10.4. The van der Waals surface area contributed by atoms with Crippen LogP contribution in [0.25, 0.3) is 0 Å². The van der Waals surface area contributed by atoms with Gasteiger partial charge in [-0.2, -0.15) is 0 Å². The SMILES string of the molecule is C[Si]1(C)c2ccc(cc2)[Si](C)(C)[Si](C)(C)c2ccc(cc2)[Si](C)(C)[Si](C)(C)c2ccc(cc2)[Si]1(C)C. The van der Waals surface area contributed by atoms with E-state index in [1.807, 2.05) is 0 Å². The molecule has 6 bridgehead atoms. The van der Waals surface area contributed by atoms with E-state index in [9.17, 15) is 0 Å². The Kier molecular flexibility index (Phi) is 6.80. The molecule has 36 heavy (non-hydrogen) atoms. The highest BCUT2D eigenvalue weighted by atomic mass is 29.3. The molecule has 0 nitrogen and oxygen atoms in total. The largest absolute Gasteiger partial charge is 0.0791 e. The molecule has 4 aliphatic rings. The molecule has 0 radical (unpaired) electrons. The Morgan fingerprint density at radius 2 is 0.306 bits per heavy atom. The van der Waals surface area contributed by atoms with Gasteiger partial charge in [0, 0.05) is 0 Å². The first-order valence-corrected chi connectivity index (χ1v) is 34.7. The Labute approximate surface area is 227 Å². The summed E-state index contributed by atoms with van der Waals surface area (Å²) >= 11 is 0. The van der Waals surface area contributed by atoms with Crippen LogP contribution in [0.5, 0.6) is 0 Å². The van der Waals surface area contributed by atoms with Crippen molar-refractivity contribution in [1.82, 2.24) is 0 Å². The molecule has 0 atom stereocenters. The molecule has 0 saturated heterocycles. The third-order valence-electron chi connectivity index (χ3n) is 11.7. The normalized spacial score (nSPS) is 22.7. The summed E-state index contributed by atoms with van der Waals surface area (Å²) in [6.45, 7) is 31.6. The molecule has 6 heteroatoms. The highest BCUT2D eigenvalue weighted by Crippen LogP contribution is 2.24. The van der Waals surface area contributed by atoms with E-state index in [1.54, 1.807) is 31.1 Å². The minimum atomic E-state index is -1.64. The quantitative estimate of drug-likeness (QED) is 0.336. The Bertz CT molecular complexity index is 989. The van der Waals surface area contributed by atoms with Gasteiger partial charge in [0.2, 0.25) is 0 Å². The van der Waals surface area contributed by atoms with Gasteiger partial charge in [0.25, 0.3) is 0 Å². The molecule has 3 aromatic rings. The van der Waals surface area contributed by atoms with Gasteiger partial charge in [-0.25, -0.2) is 0 Å². The van der Waals surface area contributed by atoms with Crippen LogP contribution in [-0.4, -0.2) is 45.5 Å². The van der Waals surface area contributed by atoms with Crippen molar-refractivity contribution in [3.05, 3.63) is 72.8 Å². The van der Waals surface area contributed by atoms with E-state index in [1.165, 1.54) is 0 Å². The Morgan fingerprint density at radius 3 is 0.389 bits per heavy atom. The lowest BCUT2D eigenvalue weighted by Crippen LogP contribution is -2.72. The van der Waals surface area contributed by atoms with Crippen LogP contribution in [0.4, 0.5) is 0 Å². The summed E-state index contributed by atoms with van der Waals surface area (Å²) in [5.74, 6) is 0. The van der Waals surface area contributed by atoms with Crippen LogP contribution in [0.1, 0.15) is 0 Å². The predicted octanol–water partition coefficient (Wildman–Crippen LogP) is 4.83. The Morgan fingerprint density at radius 1 is 0.222 bits per heavy atom. The third-order valence-corrected chi connectivity index (χ3v) is 65.0. The van der Waals surface area contributed by atoms with Crippen molar-refractivity contribution in [3.8, 4) is 0 Å². The first kappa shape index (κ1) is 28.0. The summed E-state index contributed by atoms with van der Waals surface area (Å²) < 4.78 is 0. The maximum atomic E-state index is 2.64. The fraction of sp³-hybridized carbons (Fsp3) is 0.400. The van der Waals surface area contributed by atoms with Crippen LogP contribution < -0.4 is 31.1 Å². The standard InChI is InChI=1S/C30H48Si6/c1-31(2)25-13-15-27(16-14-25)33(5,6)35(9,10)29-21-23-30(24-22-29)36(11,12)34(7,8)28-19-17-26(18-20-28)32(31,3)4/h13-24H,1-12H3. The molecule has 192 valence electrons. The summed E-state index contributed by atoms with van der Waals surface area (Å²) in [5, 5.41) is 9.86. The fourth-order valence-corrected chi connectivity index (χ4v) is 32.4. The molecule has 0 spiro atoms. The lowest BCUT2D eigenvalue weighted by molar-refractivity contribution is 1.66. The van der Waals surface area contributed by atoms with E-state index < -0.39 is 45.5 Å². The maximum absolute atomic E-state index is 2.64. The highest BCUT2D eigenvalue weighted by Gasteiger charge is 2.48. The second kappa shape index (κ2) is 8.74.